The van der Waals surface area contributed by atoms with Crippen LogP contribution in [0.1, 0.15) is 37.0 Å². The Kier molecular flexibility index (Phi) is 3.95. The van der Waals surface area contributed by atoms with Gasteiger partial charge in [0, 0.05) is 12.2 Å². The Balaban J connectivity index is 2.27. The molecule has 1 atom stereocenters. The second-order valence-electron chi connectivity index (χ2n) is 4.43. The van der Waals surface area contributed by atoms with E-state index in [9.17, 15) is 4.39 Å². The van der Waals surface area contributed by atoms with Crippen molar-refractivity contribution in [2.24, 2.45) is 0 Å². The van der Waals surface area contributed by atoms with Crippen LogP contribution >= 0.6 is 0 Å². The van der Waals surface area contributed by atoms with Crippen molar-refractivity contribution in [2.45, 2.75) is 39.2 Å². The molecule has 92 valence electrons. The molecule has 0 saturated heterocycles. The zero-order valence-corrected chi connectivity index (χ0v) is 10.5. The molecule has 1 aromatic carbocycles. The first-order chi connectivity index (χ1) is 8.26. The van der Waals surface area contributed by atoms with Gasteiger partial charge in [0.05, 0.1) is 6.10 Å². The van der Waals surface area contributed by atoms with Crippen LogP contribution in [0.15, 0.2) is 18.2 Å². The second-order valence-corrected chi connectivity index (χ2v) is 4.43. The van der Waals surface area contributed by atoms with Gasteiger partial charge in [0.25, 0.3) is 0 Å². The Morgan fingerprint density at radius 2 is 2.29 bits per heavy atom. The second kappa shape index (κ2) is 5.46. The lowest BCUT2D eigenvalue weighted by Crippen LogP contribution is -2.23. The highest BCUT2D eigenvalue weighted by Gasteiger charge is 2.22. The van der Waals surface area contributed by atoms with Gasteiger partial charge >= 0.3 is 0 Å². The van der Waals surface area contributed by atoms with Crippen LogP contribution in [0.3, 0.4) is 0 Å². The fourth-order valence-corrected chi connectivity index (χ4v) is 2.48. The van der Waals surface area contributed by atoms with Gasteiger partial charge in [0.15, 0.2) is 0 Å². The number of ether oxygens (including phenoxy) is 1. The lowest BCUT2D eigenvalue weighted by molar-refractivity contribution is 0.0531. The maximum atomic E-state index is 14.2. The van der Waals surface area contributed by atoms with Gasteiger partial charge in [-0.25, -0.2) is 4.39 Å². The van der Waals surface area contributed by atoms with Crippen LogP contribution in [-0.2, 0) is 17.6 Å². The van der Waals surface area contributed by atoms with Crippen molar-refractivity contribution in [1.82, 2.24) is 0 Å². The Labute approximate surface area is 102 Å². The van der Waals surface area contributed by atoms with Gasteiger partial charge in [-0.2, -0.15) is 0 Å². The number of hydrogen-bond donors (Lipinski definition) is 0. The number of benzene rings is 1. The number of hydrogen-bond acceptors (Lipinski definition) is 1. The molecule has 0 spiro atoms. The minimum Gasteiger partial charge on any atom is -0.378 e. The summed E-state index contributed by atoms with van der Waals surface area (Å²) in [6, 6.07) is 3.90. The molecule has 0 aliphatic heterocycles. The van der Waals surface area contributed by atoms with Gasteiger partial charge in [0.1, 0.15) is 5.82 Å². The molecule has 1 aliphatic rings. The molecule has 0 aromatic heterocycles. The van der Waals surface area contributed by atoms with E-state index in [-0.39, 0.29) is 11.9 Å². The van der Waals surface area contributed by atoms with E-state index in [4.69, 9.17) is 4.74 Å². The lowest BCUT2D eigenvalue weighted by atomic mass is 9.88. The van der Waals surface area contributed by atoms with Gasteiger partial charge in [0.2, 0.25) is 0 Å². The van der Waals surface area contributed by atoms with Gasteiger partial charge < -0.3 is 4.74 Å². The topological polar surface area (TPSA) is 9.23 Å². The smallest absolute Gasteiger partial charge is 0.133 e. The van der Waals surface area contributed by atoms with Gasteiger partial charge in [-0.15, -0.1) is 0 Å². The average Bonchev–Trinajstić information content (AvgIpc) is 2.33. The molecule has 2 heteroatoms. The molecule has 0 amide bonds. The minimum absolute atomic E-state index is 0.0458. The van der Waals surface area contributed by atoms with Gasteiger partial charge in [-0.3, -0.25) is 0 Å². The molecule has 0 radical (unpaired) electrons. The summed E-state index contributed by atoms with van der Waals surface area (Å²) in [4.78, 5) is 0. The first-order valence-corrected chi connectivity index (χ1v) is 6.30. The summed E-state index contributed by atoms with van der Waals surface area (Å²) in [7, 11) is 0. The van der Waals surface area contributed by atoms with Crippen molar-refractivity contribution in [3.8, 4) is 0 Å². The van der Waals surface area contributed by atoms with Crippen molar-refractivity contribution < 1.29 is 9.13 Å². The maximum absolute atomic E-state index is 14.2. The summed E-state index contributed by atoms with van der Waals surface area (Å²) < 4.78 is 19.8. The van der Waals surface area contributed by atoms with Crippen molar-refractivity contribution in [3.05, 3.63) is 40.7 Å². The van der Waals surface area contributed by atoms with Gasteiger partial charge in [-0.1, -0.05) is 24.3 Å². The van der Waals surface area contributed by atoms with E-state index >= 15 is 0 Å². The molecule has 0 bridgehead atoms. The third kappa shape index (κ3) is 2.58. The number of allylic oxidation sites excluding steroid dienone is 1. The van der Waals surface area contributed by atoms with Crippen molar-refractivity contribution >= 4 is 6.08 Å². The zero-order chi connectivity index (χ0) is 12.3. The Morgan fingerprint density at radius 3 is 3.00 bits per heavy atom. The maximum Gasteiger partial charge on any atom is 0.133 e. The van der Waals surface area contributed by atoms with E-state index in [1.807, 2.05) is 38.1 Å². The highest BCUT2D eigenvalue weighted by Crippen LogP contribution is 2.28. The van der Waals surface area contributed by atoms with Crippen LogP contribution in [-0.4, -0.2) is 12.7 Å². The zero-order valence-electron chi connectivity index (χ0n) is 10.5. The van der Waals surface area contributed by atoms with Crippen LogP contribution in [0.2, 0.25) is 0 Å². The normalized spacial score (nSPS) is 19.6. The standard InChI is InChI=1S/C15H19FO/c1-3-5-11-6-7-12-10-13(17-4-2)8-9-14(12)15(11)16/h3,5-7,13H,4,8-10H2,1-2H3. The summed E-state index contributed by atoms with van der Waals surface area (Å²) in [5.74, 6) is -0.0458. The third-order valence-electron chi connectivity index (χ3n) is 3.28. The molecule has 0 heterocycles. The number of fused-ring (bicyclic) bond motifs is 1. The molecule has 1 nitrogen and oxygen atoms in total. The Hall–Kier alpha value is -1.15. The third-order valence-corrected chi connectivity index (χ3v) is 3.28. The van der Waals surface area contributed by atoms with Crippen molar-refractivity contribution in [1.29, 1.82) is 0 Å². The van der Waals surface area contributed by atoms with Gasteiger partial charge in [-0.05, 0) is 44.2 Å². The summed E-state index contributed by atoms with van der Waals surface area (Å²) in [6.45, 7) is 4.65. The molecule has 1 aromatic rings. The largest absolute Gasteiger partial charge is 0.378 e. The number of rotatable bonds is 3. The van der Waals surface area contributed by atoms with Crippen LogP contribution < -0.4 is 0 Å². The molecule has 0 saturated carbocycles. The molecule has 2 rings (SSSR count). The predicted octanol–water partition coefficient (Wildman–Crippen LogP) is 3.75. The SMILES string of the molecule is CC=Cc1ccc2c(c1F)CCC(OCC)C2. The minimum atomic E-state index is -0.0458. The van der Waals surface area contributed by atoms with E-state index in [1.165, 1.54) is 0 Å². The van der Waals surface area contributed by atoms with E-state index in [1.54, 1.807) is 0 Å². The number of halogens is 1. The Bertz CT molecular complexity index is 423. The average molecular weight is 234 g/mol. The quantitative estimate of drug-likeness (QED) is 0.774. The summed E-state index contributed by atoms with van der Waals surface area (Å²) in [5.41, 5.74) is 2.69. The molecule has 0 N–H and O–H groups in total. The van der Waals surface area contributed by atoms with E-state index in [0.29, 0.717) is 5.56 Å². The fraction of sp³-hybridized carbons (Fsp3) is 0.467. The summed E-state index contributed by atoms with van der Waals surface area (Å²) in [5, 5.41) is 0. The molecule has 17 heavy (non-hydrogen) atoms. The van der Waals surface area contributed by atoms with Crippen LogP contribution in [0, 0.1) is 5.82 Å². The summed E-state index contributed by atoms with van der Waals surface area (Å²) in [6.07, 6.45) is 6.52. The first kappa shape index (κ1) is 12.3. The highest BCUT2D eigenvalue weighted by molar-refractivity contribution is 5.53. The monoisotopic (exact) mass is 234 g/mol. The summed E-state index contributed by atoms with van der Waals surface area (Å²) >= 11 is 0. The Morgan fingerprint density at radius 1 is 1.47 bits per heavy atom. The van der Waals surface area contributed by atoms with Crippen molar-refractivity contribution in [3.63, 3.8) is 0 Å². The van der Waals surface area contributed by atoms with E-state index in [2.05, 4.69) is 0 Å². The van der Waals surface area contributed by atoms with Crippen LogP contribution in [0.4, 0.5) is 4.39 Å². The molecule has 1 aliphatic carbocycles. The van der Waals surface area contributed by atoms with E-state index in [0.717, 1.165) is 37.0 Å². The molecular formula is C15H19FO. The molecule has 1 unspecified atom stereocenters. The van der Waals surface area contributed by atoms with Crippen LogP contribution in [0.25, 0.3) is 6.08 Å². The van der Waals surface area contributed by atoms with Crippen molar-refractivity contribution in [2.75, 3.05) is 6.61 Å². The predicted molar refractivity (Wildman–Crippen MR) is 68.5 cm³/mol. The molecule has 0 fully saturated rings. The fourth-order valence-electron chi connectivity index (χ4n) is 2.48. The first-order valence-electron chi connectivity index (χ1n) is 6.30. The van der Waals surface area contributed by atoms with E-state index < -0.39 is 0 Å². The highest BCUT2D eigenvalue weighted by atomic mass is 19.1. The lowest BCUT2D eigenvalue weighted by Gasteiger charge is -2.25. The molecular weight excluding hydrogens is 215 g/mol. The van der Waals surface area contributed by atoms with Crippen LogP contribution in [0.5, 0.6) is 0 Å².